The van der Waals surface area contributed by atoms with Gasteiger partial charge in [-0.25, -0.2) is 19.2 Å². The molecule has 1 unspecified atom stereocenters. The zero-order chi connectivity index (χ0) is 14.8. The molecule has 0 amide bonds. The van der Waals surface area contributed by atoms with Gasteiger partial charge in [-0.3, -0.25) is 0 Å². The van der Waals surface area contributed by atoms with E-state index in [1.165, 1.54) is 16.6 Å². The molecule has 0 fully saturated rings. The fourth-order valence-corrected chi connectivity index (χ4v) is 3.63. The number of pyridine rings is 1. The minimum atomic E-state index is -3.65. The SMILES string of the molecule is CC(C)C(C)N(C)S(=O)(=O)c1cc(Br)cnc1NN. The van der Waals surface area contributed by atoms with Crippen molar-refractivity contribution in [2.75, 3.05) is 12.5 Å². The summed E-state index contributed by atoms with van der Waals surface area (Å²) in [4.78, 5) is 4.02. The fourth-order valence-electron chi connectivity index (χ4n) is 1.52. The van der Waals surface area contributed by atoms with Gasteiger partial charge in [-0.05, 0) is 34.8 Å². The van der Waals surface area contributed by atoms with Gasteiger partial charge in [-0.15, -0.1) is 0 Å². The standard InChI is InChI=1S/C11H19BrN4O2S/c1-7(2)8(3)16(4)19(17,18)10-5-9(12)6-14-11(10)15-13/h5-8H,13H2,1-4H3,(H,14,15). The van der Waals surface area contributed by atoms with E-state index in [1.807, 2.05) is 20.8 Å². The summed E-state index contributed by atoms with van der Waals surface area (Å²) in [7, 11) is -2.09. The van der Waals surface area contributed by atoms with Crippen molar-refractivity contribution in [2.24, 2.45) is 11.8 Å². The normalized spacial score (nSPS) is 13.9. The van der Waals surface area contributed by atoms with Gasteiger partial charge in [0.25, 0.3) is 0 Å². The molecule has 0 bridgehead atoms. The first-order chi connectivity index (χ1) is 8.71. The fraction of sp³-hybridized carbons (Fsp3) is 0.545. The molecular formula is C11H19BrN4O2S. The quantitative estimate of drug-likeness (QED) is 0.624. The highest BCUT2D eigenvalue weighted by Gasteiger charge is 2.29. The molecule has 3 N–H and O–H groups in total. The van der Waals surface area contributed by atoms with E-state index >= 15 is 0 Å². The van der Waals surface area contributed by atoms with Crippen molar-refractivity contribution in [2.45, 2.75) is 31.7 Å². The molecule has 0 radical (unpaired) electrons. The Bertz CT molecular complexity index is 548. The van der Waals surface area contributed by atoms with E-state index < -0.39 is 10.0 Å². The molecule has 0 spiro atoms. The number of hydrazine groups is 1. The van der Waals surface area contributed by atoms with Crippen LogP contribution in [0.2, 0.25) is 0 Å². The summed E-state index contributed by atoms with van der Waals surface area (Å²) in [6, 6.07) is 1.36. The molecule has 19 heavy (non-hydrogen) atoms. The number of nitrogens with two attached hydrogens (primary N) is 1. The summed E-state index contributed by atoms with van der Waals surface area (Å²) in [6.07, 6.45) is 1.49. The van der Waals surface area contributed by atoms with Gasteiger partial charge in [0.05, 0.1) is 0 Å². The number of nitrogen functional groups attached to an aromatic ring is 1. The van der Waals surface area contributed by atoms with Crippen molar-refractivity contribution in [3.63, 3.8) is 0 Å². The molecule has 1 aromatic rings. The van der Waals surface area contributed by atoms with Crippen molar-refractivity contribution >= 4 is 31.8 Å². The van der Waals surface area contributed by atoms with Gasteiger partial charge in [0, 0.05) is 23.8 Å². The average Bonchev–Trinajstić information content (AvgIpc) is 2.36. The molecule has 0 aliphatic rings. The van der Waals surface area contributed by atoms with Crippen LogP contribution in [-0.2, 0) is 10.0 Å². The molecule has 108 valence electrons. The van der Waals surface area contributed by atoms with E-state index in [2.05, 4.69) is 26.3 Å². The van der Waals surface area contributed by atoms with Crippen LogP contribution < -0.4 is 11.3 Å². The van der Waals surface area contributed by atoms with Gasteiger partial charge >= 0.3 is 0 Å². The second kappa shape index (κ2) is 6.17. The maximum absolute atomic E-state index is 12.6. The lowest BCUT2D eigenvalue weighted by molar-refractivity contribution is 0.316. The first kappa shape index (κ1) is 16.4. The largest absolute Gasteiger partial charge is 0.307 e. The van der Waals surface area contributed by atoms with Crippen molar-refractivity contribution < 1.29 is 8.42 Å². The lowest BCUT2D eigenvalue weighted by Crippen LogP contribution is -2.38. The Morgan fingerprint density at radius 3 is 2.47 bits per heavy atom. The smallest absolute Gasteiger partial charge is 0.246 e. The Morgan fingerprint density at radius 2 is 2.00 bits per heavy atom. The molecule has 0 saturated heterocycles. The summed E-state index contributed by atoms with van der Waals surface area (Å²) in [5.74, 6) is 5.66. The third-order valence-corrected chi connectivity index (χ3v) is 5.54. The second-order valence-electron chi connectivity index (χ2n) is 4.65. The van der Waals surface area contributed by atoms with E-state index in [-0.39, 0.29) is 22.7 Å². The molecule has 0 aromatic carbocycles. The summed E-state index contributed by atoms with van der Waals surface area (Å²) in [6.45, 7) is 5.80. The summed E-state index contributed by atoms with van der Waals surface area (Å²) >= 11 is 3.22. The third-order valence-electron chi connectivity index (χ3n) is 3.15. The Labute approximate surface area is 122 Å². The van der Waals surface area contributed by atoms with Crippen LogP contribution >= 0.6 is 15.9 Å². The minimum Gasteiger partial charge on any atom is -0.307 e. The van der Waals surface area contributed by atoms with E-state index in [4.69, 9.17) is 5.84 Å². The van der Waals surface area contributed by atoms with Crippen LogP contribution in [0.1, 0.15) is 20.8 Å². The maximum Gasteiger partial charge on any atom is 0.246 e. The topological polar surface area (TPSA) is 88.3 Å². The third kappa shape index (κ3) is 3.44. The van der Waals surface area contributed by atoms with Crippen LogP contribution in [0.3, 0.4) is 0 Å². The number of anilines is 1. The van der Waals surface area contributed by atoms with Crippen LogP contribution in [0.15, 0.2) is 21.6 Å². The van der Waals surface area contributed by atoms with Gasteiger partial charge in [-0.2, -0.15) is 4.31 Å². The van der Waals surface area contributed by atoms with Crippen molar-refractivity contribution in [1.82, 2.24) is 9.29 Å². The summed E-state index contributed by atoms with van der Waals surface area (Å²) < 4.78 is 27.1. The van der Waals surface area contributed by atoms with Crippen LogP contribution in [0.5, 0.6) is 0 Å². The average molecular weight is 351 g/mol. The van der Waals surface area contributed by atoms with Crippen molar-refractivity contribution in [1.29, 1.82) is 0 Å². The minimum absolute atomic E-state index is 0.0550. The molecule has 1 aromatic heterocycles. The number of nitrogens with zero attached hydrogens (tertiary/aromatic N) is 2. The highest BCUT2D eigenvalue weighted by molar-refractivity contribution is 9.10. The monoisotopic (exact) mass is 350 g/mol. The van der Waals surface area contributed by atoms with Crippen LogP contribution in [-0.4, -0.2) is 30.8 Å². The molecular weight excluding hydrogens is 332 g/mol. The Kier molecular flexibility index (Phi) is 5.31. The number of rotatable bonds is 5. The number of hydrogen-bond donors (Lipinski definition) is 2. The van der Waals surface area contributed by atoms with E-state index in [9.17, 15) is 8.42 Å². The zero-order valence-corrected chi connectivity index (χ0v) is 13.8. The molecule has 0 aliphatic carbocycles. The molecule has 6 nitrogen and oxygen atoms in total. The first-order valence-electron chi connectivity index (χ1n) is 5.82. The molecule has 1 rings (SSSR count). The van der Waals surface area contributed by atoms with Crippen molar-refractivity contribution in [3.8, 4) is 0 Å². The highest BCUT2D eigenvalue weighted by Crippen LogP contribution is 2.27. The number of aromatic nitrogens is 1. The summed E-state index contributed by atoms with van der Waals surface area (Å²) in [5.41, 5.74) is 2.31. The molecule has 0 aliphatic heterocycles. The van der Waals surface area contributed by atoms with Crippen LogP contribution in [0, 0.1) is 5.92 Å². The zero-order valence-electron chi connectivity index (χ0n) is 11.4. The van der Waals surface area contributed by atoms with E-state index in [1.54, 1.807) is 7.05 Å². The Balaban J connectivity index is 3.31. The molecule has 8 heteroatoms. The predicted molar refractivity (Wildman–Crippen MR) is 79.0 cm³/mol. The van der Waals surface area contributed by atoms with Gasteiger partial charge in [-0.1, -0.05) is 13.8 Å². The summed E-state index contributed by atoms with van der Waals surface area (Å²) in [5, 5.41) is 0. The van der Waals surface area contributed by atoms with E-state index in [0.29, 0.717) is 4.47 Å². The van der Waals surface area contributed by atoms with Gasteiger partial charge in [0.1, 0.15) is 4.90 Å². The number of sulfonamides is 1. The lowest BCUT2D eigenvalue weighted by atomic mass is 10.1. The van der Waals surface area contributed by atoms with E-state index in [0.717, 1.165) is 0 Å². The van der Waals surface area contributed by atoms with Gasteiger partial charge in [0.15, 0.2) is 5.82 Å². The number of hydrogen-bond acceptors (Lipinski definition) is 5. The Morgan fingerprint density at radius 1 is 1.42 bits per heavy atom. The lowest BCUT2D eigenvalue weighted by Gasteiger charge is -2.27. The van der Waals surface area contributed by atoms with Crippen LogP contribution in [0.25, 0.3) is 0 Å². The van der Waals surface area contributed by atoms with Gasteiger partial charge < -0.3 is 5.43 Å². The molecule has 1 atom stereocenters. The molecule has 0 saturated carbocycles. The number of halogens is 1. The number of nitrogens with one attached hydrogen (secondary N) is 1. The second-order valence-corrected chi connectivity index (χ2v) is 7.53. The first-order valence-corrected chi connectivity index (χ1v) is 8.05. The maximum atomic E-state index is 12.6. The van der Waals surface area contributed by atoms with Crippen molar-refractivity contribution in [3.05, 3.63) is 16.7 Å². The Hall–Kier alpha value is -0.700. The highest BCUT2D eigenvalue weighted by atomic mass is 79.9. The van der Waals surface area contributed by atoms with Crippen LogP contribution in [0.4, 0.5) is 5.82 Å². The van der Waals surface area contributed by atoms with Gasteiger partial charge in [0.2, 0.25) is 10.0 Å². The molecule has 1 heterocycles. The predicted octanol–water partition coefficient (Wildman–Crippen LogP) is 1.79.